The van der Waals surface area contributed by atoms with E-state index in [1.54, 1.807) is 79.0 Å². The molecule has 1 spiro atoms. The topological polar surface area (TPSA) is 164 Å². The van der Waals surface area contributed by atoms with Crippen LogP contribution in [0.2, 0.25) is 0 Å². The molecule has 270 valence electrons. The highest BCUT2D eigenvalue weighted by Crippen LogP contribution is 2.58. The van der Waals surface area contributed by atoms with Crippen molar-refractivity contribution in [1.29, 1.82) is 0 Å². The molecule has 53 heavy (non-hydrogen) atoms. The minimum Gasteiger partial charge on any atom is -0.508 e. The number of pyridine rings is 1. The summed E-state index contributed by atoms with van der Waals surface area (Å²) in [7, 11) is 0. The van der Waals surface area contributed by atoms with Crippen LogP contribution in [0.4, 0.5) is 5.69 Å². The van der Waals surface area contributed by atoms with E-state index in [0.717, 1.165) is 0 Å². The van der Waals surface area contributed by atoms with Crippen LogP contribution in [0.25, 0.3) is 0 Å². The van der Waals surface area contributed by atoms with Gasteiger partial charge in [0.15, 0.2) is 11.4 Å². The maximum atomic E-state index is 14.1. The molecule has 0 fully saturated rings. The molecule has 2 atom stereocenters. The number of primary amides is 1. The fourth-order valence-corrected chi connectivity index (χ4v) is 7.80. The van der Waals surface area contributed by atoms with E-state index >= 15 is 0 Å². The van der Waals surface area contributed by atoms with Crippen LogP contribution in [0.1, 0.15) is 82.8 Å². The van der Waals surface area contributed by atoms with Gasteiger partial charge in [0.05, 0.1) is 11.3 Å². The molecule has 1 aromatic heterocycles. The molecule has 4 aromatic carbocycles. The average Bonchev–Trinajstić information content (AvgIpc) is 3.42. The van der Waals surface area contributed by atoms with Crippen molar-refractivity contribution in [2.45, 2.75) is 57.2 Å². The van der Waals surface area contributed by atoms with Gasteiger partial charge in [-0.15, -0.1) is 0 Å². The molecule has 0 saturated carbocycles. The lowest BCUT2D eigenvalue weighted by molar-refractivity contribution is -0.122. The number of nitrogens with two attached hydrogens (primary N) is 1. The summed E-state index contributed by atoms with van der Waals surface area (Å²) in [5.41, 5.74) is 6.38. The number of benzene rings is 4. The first kappa shape index (κ1) is 35.2. The van der Waals surface area contributed by atoms with Gasteiger partial charge in [0.2, 0.25) is 5.91 Å². The minimum atomic E-state index is -1.51. The molecule has 11 nitrogen and oxygen atoms in total. The molecule has 11 heteroatoms. The van der Waals surface area contributed by atoms with E-state index in [4.69, 9.17) is 15.2 Å². The summed E-state index contributed by atoms with van der Waals surface area (Å²) in [6.07, 6.45) is 2.00. The Morgan fingerprint density at radius 2 is 1.58 bits per heavy atom. The van der Waals surface area contributed by atoms with Crippen LogP contribution in [-0.4, -0.2) is 56.5 Å². The van der Waals surface area contributed by atoms with Gasteiger partial charge in [-0.25, -0.2) is 4.79 Å². The van der Waals surface area contributed by atoms with Gasteiger partial charge in [0, 0.05) is 53.3 Å². The number of nitrogens with zero attached hydrogens (tertiary/aromatic N) is 2. The largest absolute Gasteiger partial charge is 0.508 e. The van der Waals surface area contributed by atoms with Gasteiger partial charge in [-0.1, -0.05) is 36.4 Å². The normalized spacial score (nSPS) is 16.8. The summed E-state index contributed by atoms with van der Waals surface area (Å²) in [4.78, 5) is 47.7. The van der Waals surface area contributed by atoms with Crippen LogP contribution in [0.3, 0.4) is 0 Å². The molecule has 5 N–H and O–H groups in total. The lowest BCUT2D eigenvalue weighted by Crippen LogP contribution is -2.47. The second-order valence-electron chi connectivity index (χ2n) is 13.9. The Morgan fingerprint density at radius 3 is 2.26 bits per heavy atom. The SMILES string of the molecule is CC(C)N(CCC(C(N)=O)(c1ccc(NC(=O)c2c(O)ccc3c2Oc2cc(O)ccc2C32OC(=O)c3ccccc32)cc1)c1ccccn1)C(C)C. The number of fused-ring (bicyclic) bond motifs is 6. The summed E-state index contributed by atoms with van der Waals surface area (Å²) < 4.78 is 12.4. The minimum absolute atomic E-state index is 0.0375. The molecular formula is C42H40N4O7. The number of hydrogen-bond acceptors (Lipinski definition) is 9. The van der Waals surface area contributed by atoms with Crippen molar-refractivity contribution < 1.29 is 34.1 Å². The Bertz CT molecular complexity index is 2230. The summed E-state index contributed by atoms with van der Waals surface area (Å²) in [5, 5.41) is 24.4. The highest BCUT2D eigenvalue weighted by atomic mass is 16.6. The van der Waals surface area contributed by atoms with Gasteiger partial charge in [-0.3, -0.25) is 19.5 Å². The molecule has 0 aliphatic carbocycles. The smallest absolute Gasteiger partial charge is 0.340 e. The molecule has 2 aliphatic heterocycles. The van der Waals surface area contributed by atoms with Crippen LogP contribution in [-0.2, 0) is 20.5 Å². The van der Waals surface area contributed by atoms with Gasteiger partial charge in [0.1, 0.15) is 28.2 Å². The third-order valence-electron chi connectivity index (χ3n) is 10.3. The third-order valence-corrected chi connectivity index (χ3v) is 10.3. The zero-order chi connectivity index (χ0) is 37.7. The number of hydrogen-bond donors (Lipinski definition) is 4. The quantitative estimate of drug-likeness (QED) is 0.117. The number of aromatic hydroxyl groups is 2. The fraction of sp³-hybridized carbons (Fsp3) is 0.238. The number of rotatable bonds is 10. The number of esters is 1. The van der Waals surface area contributed by atoms with Crippen molar-refractivity contribution in [3.8, 4) is 23.0 Å². The first-order chi connectivity index (χ1) is 25.4. The highest BCUT2D eigenvalue weighted by molar-refractivity contribution is 6.09. The van der Waals surface area contributed by atoms with E-state index in [9.17, 15) is 24.6 Å². The van der Waals surface area contributed by atoms with E-state index in [1.807, 2.05) is 6.07 Å². The van der Waals surface area contributed by atoms with Crippen LogP contribution in [0.5, 0.6) is 23.0 Å². The van der Waals surface area contributed by atoms with E-state index in [2.05, 4.69) is 42.9 Å². The predicted octanol–water partition coefficient (Wildman–Crippen LogP) is 6.59. The maximum Gasteiger partial charge on any atom is 0.340 e. The van der Waals surface area contributed by atoms with Crippen LogP contribution in [0, 0.1) is 0 Å². The van der Waals surface area contributed by atoms with Gasteiger partial charge in [-0.2, -0.15) is 0 Å². The molecule has 2 unspecified atom stereocenters. The maximum absolute atomic E-state index is 14.1. The number of aromatic nitrogens is 1. The fourth-order valence-electron chi connectivity index (χ4n) is 7.80. The average molecular weight is 713 g/mol. The zero-order valence-corrected chi connectivity index (χ0v) is 29.8. The summed E-state index contributed by atoms with van der Waals surface area (Å²) in [6, 6.07) is 26.9. The molecule has 7 rings (SSSR count). The molecule has 2 aliphatic rings. The lowest BCUT2D eigenvalue weighted by Gasteiger charge is -2.37. The number of carbonyl (C=O) groups is 3. The molecule has 5 aromatic rings. The Kier molecular flexibility index (Phi) is 8.91. The van der Waals surface area contributed by atoms with Crippen molar-refractivity contribution in [3.63, 3.8) is 0 Å². The van der Waals surface area contributed by atoms with Gasteiger partial charge in [-0.05, 0) is 94.3 Å². The first-order valence-corrected chi connectivity index (χ1v) is 17.5. The Balaban J connectivity index is 1.27. The molecule has 0 bridgehead atoms. The molecule has 0 radical (unpaired) electrons. The van der Waals surface area contributed by atoms with E-state index in [0.29, 0.717) is 52.2 Å². The van der Waals surface area contributed by atoms with Crippen molar-refractivity contribution >= 4 is 23.5 Å². The van der Waals surface area contributed by atoms with E-state index < -0.39 is 28.8 Å². The number of phenols is 2. The van der Waals surface area contributed by atoms with Crippen LogP contribution in [0.15, 0.2) is 103 Å². The van der Waals surface area contributed by atoms with Crippen molar-refractivity contribution in [1.82, 2.24) is 9.88 Å². The molecule has 2 amide bonds. The highest BCUT2D eigenvalue weighted by Gasteiger charge is 2.54. The Morgan fingerprint density at radius 1 is 0.887 bits per heavy atom. The number of carbonyl (C=O) groups excluding carboxylic acids is 3. The van der Waals surface area contributed by atoms with E-state index in [1.165, 1.54) is 18.2 Å². The molecule has 0 saturated heterocycles. The summed E-state index contributed by atoms with van der Waals surface area (Å²) in [5.74, 6) is -2.19. The van der Waals surface area contributed by atoms with Gasteiger partial charge >= 0.3 is 5.97 Å². The Hall–Kier alpha value is -6.20. The van der Waals surface area contributed by atoms with Crippen LogP contribution >= 0.6 is 0 Å². The Labute approximate surface area is 307 Å². The van der Waals surface area contributed by atoms with Crippen LogP contribution < -0.4 is 15.8 Å². The number of phenolic OH excluding ortho intramolecular Hbond substituents is 2. The van der Waals surface area contributed by atoms with Gasteiger partial charge < -0.3 is 30.7 Å². The molecular weight excluding hydrogens is 672 g/mol. The predicted molar refractivity (Wildman–Crippen MR) is 198 cm³/mol. The number of anilines is 1. The number of ether oxygens (including phenoxy) is 2. The van der Waals surface area contributed by atoms with Crippen molar-refractivity contribution in [2.75, 3.05) is 11.9 Å². The first-order valence-electron chi connectivity index (χ1n) is 17.5. The zero-order valence-electron chi connectivity index (χ0n) is 29.8. The summed E-state index contributed by atoms with van der Waals surface area (Å²) in [6.45, 7) is 9.02. The van der Waals surface area contributed by atoms with Crippen molar-refractivity contribution in [2.24, 2.45) is 5.73 Å². The second-order valence-corrected chi connectivity index (χ2v) is 13.9. The standard InChI is InChI=1S/C42H40N4O7/c1-24(2)46(25(3)4)22-20-41(40(43)51,35-11-7-8-21-44-35)26-12-14-27(15-13-26)45-38(49)36-33(48)19-18-32-37(36)52-34-23-28(47)16-17-31(34)42(32)30-10-6-5-9-29(30)39(50)53-42/h5-19,21,23-25,47-48H,20,22H2,1-4H3,(H2,43,51)(H,45,49). The number of amides is 2. The van der Waals surface area contributed by atoms with Gasteiger partial charge in [0.25, 0.3) is 5.91 Å². The summed E-state index contributed by atoms with van der Waals surface area (Å²) >= 11 is 0. The monoisotopic (exact) mass is 712 g/mol. The second kappa shape index (κ2) is 13.4. The lowest BCUT2D eigenvalue weighted by atomic mass is 9.73. The number of nitrogens with one attached hydrogen (secondary N) is 1. The molecule has 3 heterocycles. The van der Waals surface area contributed by atoms with E-state index in [-0.39, 0.29) is 40.6 Å². The van der Waals surface area contributed by atoms with Crippen molar-refractivity contribution in [3.05, 3.63) is 142 Å². The third kappa shape index (κ3) is 5.73.